The first kappa shape index (κ1) is 21.0. The number of sulfonamides is 1. The molecule has 0 unspecified atom stereocenters. The maximum atomic E-state index is 13.7. The highest BCUT2D eigenvalue weighted by atomic mass is 32.2. The molecule has 1 saturated heterocycles. The van der Waals surface area contributed by atoms with Crippen molar-refractivity contribution >= 4 is 26.3 Å². The van der Waals surface area contributed by atoms with Crippen molar-refractivity contribution in [2.75, 3.05) is 26.2 Å². The van der Waals surface area contributed by atoms with Gasteiger partial charge in [-0.15, -0.1) is 0 Å². The van der Waals surface area contributed by atoms with Crippen molar-refractivity contribution < 1.29 is 48.0 Å². The second-order valence-electron chi connectivity index (χ2n) is 4.77. The molecule has 0 N–H and O–H groups in total. The van der Waals surface area contributed by atoms with E-state index in [1.165, 1.54) is 0 Å². The fourth-order valence-electron chi connectivity index (χ4n) is 1.74. The van der Waals surface area contributed by atoms with Gasteiger partial charge in [0.05, 0.1) is 9.84 Å². The summed E-state index contributed by atoms with van der Waals surface area (Å²) in [6.07, 6.45) is 1.94. The summed E-state index contributed by atoms with van der Waals surface area (Å²) < 4.78 is 125. The summed E-state index contributed by atoms with van der Waals surface area (Å²) in [6, 6.07) is 0. The zero-order valence-electron chi connectivity index (χ0n) is 11.6. The quantitative estimate of drug-likeness (QED) is 0.356. The number of carbonyl (C=O) groups excluding carboxylic acids is 1. The third kappa shape index (κ3) is 2.96. The van der Waals surface area contributed by atoms with Crippen molar-refractivity contribution in [3.8, 4) is 0 Å². The van der Waals surface area contributed by atoms with Gasteiger partial charge in [-0.1, -0.05) is 0 Å². The van der Waals surface area contributed by atoms with E-state index in [0.29, 0.717) is 0 Å². The summed E-state index contributed by atoms with van der Waals surface area (Å²) >= 11 is 0. The summed E-state index contributed by atoms with van der Waals surface area (Å²) in [5.74, 6) is -6.78. The van der Waals surface area contributed by atoms with Crippen molar-refractivity contribution in [1.29, 1.82) is 0 Å². The largest absolute Gasteiger partial charge is 0.428 e. The number of alkyl halides is 6. The number of nitrogens with zero attached hydrogens (tertiary/aromatic N) is 2. The Morgan fingerprint density at radius 1 is 0.833 bits per heavy atom. The minimum atomic E-state index is -6.78. The molecule has 0 aromatic rings. The third-order valence-corrected chi connectivity index (χ3v) is 6.19. The predicted molar refractivity (Wildman–Crippen MR) is 67.2 cm³/mol. The number of hydrogen-bond acceptors (Lipinski definition) is 5. The van der Waals surface area contributed by atoms with Gasteiger partial charge in [-0.2, -0.15) is 30.6 Å². The molecular weight excluding hydrogens is 394 g/mol. The van der Waals surface area contributed by atoms with Gasteiger partial charge in [0.2, 0.25) is 6.41 Å². The van der Waals surface area contributed by atoms with Crippen LogP contribution in [0.15, 0.2) is 0 Å². The Balaban J connectivity index is 3.29. The third-order valence-electron chi connectivity index (χ3n) is 3.21. The van der Waals surface area contributed by atoms with Gasteiger partial charge in [-0.05, 0) is 0 Å². The molecule has 1 heterocycles. The van der Waals surface area contributed by atoms with Crippen LogP contribution >= 0.6 is 0 Å². The Hall–Kier alpha value is -1.09. The lowest BCUT2D eigenvalue weighted by Gasteiger charge is -2.38. The molecule has 7 nitrogen and oxygen atoms in total. The first-order valence-electron chi connectivity index (χ1n) is 5.94. The second kappa shape index (κ2) is 6.01. The normalized spacial score (nSPS) is 19.4. The van der Waals surface area contributed by atoms with Crippen LogP contribution in [0.5, 0.6) is 0 Å². The molecule has 1 amide bonds. The van der Waals surface area contributed by atoms with Gasteiger partial charge in [0.15, 0.2) is 0 Å². The monoisotopic (exact) mass is 405 g/mol. The number of piperazine rings is 1. The SMILES string of the molecule is [CH2-]S(=O)(=O)C(F)(F)C(F)(F)C(F)(F)S(=O)(=O)N1CCN(C=O)CC1. The second-order valence-corrected chi connectivity index (χ2v) is 8.49. The van der Waals surface area contributed by atoms with Crippen LogP contribution in [-0.4, -0.2) is 75.1 Å². The molecule has 0 spiro atoms. The van der Waals surface area contributed by atoms with Crippen LogP contribution in [0.4, 0.5) is 26.3 Å². The van der Waals surface area contributed by atoms with Crippen LogP contribution in [0.1, 0.15) is 0 Å². The molecule has 0 radical (unpaired) electrons. The van der Waals surface area contributed by atoms with E-state index in [2.05, 4.69) is 0 Å². The first-order chi connectivity index (χ1) is 10.5. The van der Waals surface area contributed by atoms with E-state index in [1.807, 2.05) is 0 Å². The predicted octanol–water partition coefficient (Wildman–Crippen LogP) is 0.117. The Bertz CT molecular complexity index is 700. The fraction of sp³-hybridized carbons (Fsp3) is 0.778. The van der Waals surface area contributed by atoms with Crippen LogP contribution in [-0.2, 0) is 24.7 Å². The van der Waals surface area contributed by atoms with Gasteiger partial charge in [0, 0.05) is 26.2 Å². The van der Waals surface area contributed by atoms with Crippen molar-refractivity contribution in [2.45, 2.75) is 16.4 Å². The van der Waals surface area contributed by atoms with E-state index in [4.69, 9.17) is 0 Å². The highest BCUT2D eigenvalue weighted by molar-refractivity contribution is 7.94. The molecule has 0 bridgehead atoms. The highest BCUT2D eigenvalue weighted by Crippen LogP contribution is 2.51. The highest BCUT2D eigenvalue weighted by Gasteiger charge is 2.80. The number of sulfone groups is 1. The standard InChI is InChI=1S/C9H11F6N2O5S2/c1-23(19,20)8(12,13)7(10,11)9(14,15)24(21,22)17-4-2-16(6-18)3-5-17/h6H,1-5H2/q-1. The molecule has 0 saturated carbocycles. The van der Waals surface area contributed by atoms with Crippen LogP contribution in [0.3, 0.4) is 0 Å². The molecule has 15 heteroatoms. The van der Waals surface area contributed by atoms with Crippen molar-refractivity contribution in [3.05, 3.63) is 6.26 Å². The number of halogens is 6. The first-order valence-corrected chi connectivity index (χ1v) is 9.03. The van der Waals surface area contributed by atoms with E-state index in [0.717, 1.165) is 4.90 Å². The van der Waals surface area contributed by atoms with Crippen LogP contribution in [0, 0.1) is 6.26 Å². The van der Waals surface area contributed by atoms with E-state index >= 15 is 0 Å². The van der Waals surface area contributed by atoms with Crippen LogP contribution < -0.4 is 0 Å². The fourth-order valence-corrected chi connectivity index (χ4v) is 3.74. The zero-order chi connectivity index (χ0) is 19.2. The van der Waals surface area contributed by atoms with Crippen LogP contribution in [0.25, 0.3) is 0 Å². The lowest BCUT2D eigenvalue weighted by Crippen LogP contribution is -2.64. The maximum Gasteiger partial charge on any atom is 0.428 e. The molecule has 24 heavy (non-hydrogen) atoms. The molecular formula is C9H11F6N2O5S2-. The topological polar surface area (TPSA) is 91.8 Å². The molecule has 1 fully saturated rings. The maximum absolute atomic E-state index is 13.7. The van der Waals surface area contributed by atoms with E-state index < -0.39 is 62.5 Å². The Morgan fingerprint density at radius 3 is 1.58 bits per heavy atom. The average molecular weight is 405 g/mol. The Morgan fingerprint density at radius 2 is 1.25 bits per heavy atom. The van der Waals surface area contributed by atoms with E-state index in [-0.39, 0.29) is 10.7 Å². The lowest BCUT2D eigenvalue weighted by molar-refractivity contribution is -0.244. The van der Waals surface area contributed by atoms with Crippen molar-refractivity contribution in [2.24, 2.45) is 0 Å². The number of hydrogen-bond donors (Lipinski definition) is 0. The molecule has 0 atom stereocenters. The molecule has 0 aromatic carbocycles. The number of amides is 1. The summed E-state index contributed by atoms with van der Waals surface area (Å²) in [7, 11) is -12.7. The summed E-state index contributed by atoms with van der Waals surface area (Å²) in [5, 5.41) is -12.9. The minimum Gasteiger partial charge on any atom is -0.343 e. The molecule has 1 aliphatic heterocycles. The molecule has 1 aliphatic rings. The van der Waals surface area contributed by atoms with Gasteiger partial charge in [0.25, 0.3) is 10.0 Å². The van der Waals surface area contributed by atoms with Gasteiger partial charge in [0.1, 0.15) is 0 Å². The summed E-state index contributed by atoms with van der Waals surface area (Å²) in [5.41, 5.74) is 0. The van der Waals surface area contributed by atoms with Crippen molar-refractivity contribution in [1.82, 2.24) is 9.21 Å². The van der Waals surface area contributed by atoms with Gasteiger partial charge in [-0.25, -0.2) is 14.7 Å². The molecule has 142 valence electrons. The summed E-state index contributed by atoms with van der Waals surface area (Å²) in [6.45, 7) is -2.58. The van der Waals surface area contributed by atoms with Gasteiger partial charge in [-0.3, -0.25) is 13.2 Å². The van der Waals surface area contributed by atoms with E-state index in [1.54, 1.807) is 6.26 Å². The smallest absolute Gasteiger partial charge is 0.343 e. The lowest BCUT2D eigenvalue weighted by atomic mass is 10.3. The Labute approximate surface area is 133 Å². The molecule has 1 rings (SSSR count). The van der Waals surface area contributed by atoms with Crippen LogP contribution in [0.2, 0.25) is 0 Å². The summed E-state index contributed by atoms with van der Waals surface area (Å²) in [4.78, 5) is 11.4. The minimum absolute atomic E-state index is 0.216. The Kier molecular flexibility index (Phi) is 5.25. The van der Waals surface area contributed by atoms with E-state index in [9.17, 15) is 48.0 Å². The number of rotatable bonds is 6. The van der Waals surface area contributed by atoms with Gasteiger partial charge < -0.3 is 4.90 Å². The molecule has 0 aliphatic carbocycles. The average Bonchev–Trinajstić information content (AvgIpc) is 2.45. The van der Waals surface area contributed by atoms with Gasteiger partial charge >= 0.3 is 16.4 Å². The molecule has 0 aromatic heterocycles. The number of carbonyl (C=O) groups is 1. The van der Waals surface area contributed by atoms with Crippen molar-refractivity contribution in [3.63, 3.8) is 0 Å². The zero-order valence-corrected chi connectivity index (χ0v) is 13.3.